The number of aromatic amines is 1. The Morgan fingerprint density at radius 3 is 2.69 bits per heavy atom. The summed E-state index contributed by atoms with van der Waals surface area (Å²) in [5, 5.41) is 1.19. The average molecular weight is 175 g/mol. The fraction of sp³-hybridized carbons (Fsp3) is 0.200. The number of nitrogens with two attached hydrogens (primary N) is 2. The van der Waals surface area contributed by atoms with Gasteiger partial charge in [-0.2, -0.15) is 0 Å². The summed E-state index contributed by atoms with van der Waals surface area (Å²) < 4.78 is 0. The molecule has 1 heterocycles. The maximum absolute atomic E-state index is 5.60. The van der Waals surface area contributed by atoms with E-state index in [1.807, 2.05) is 18.3 Å². The summed E-state index contributed by atoms with van der Waals surface area (Å²) in [6, 6.07) is 6.16. The van der Waals surface area contributed by atoms with E-state index in [2.05, 4.69) is 11.1 Å². The second-order valence-electron chi connectivity index (χ2n) is 3.10. The summed E-state index contributed by atoms with van der Waals surface area (Å²) in [7, 11) is 0. The Labute approximate surface area is 76.7 Å². The summed E-state index contributed by atoms with van der Waals surface area (Å²) in [5.41, 5.74) is 14.6. The van der Waals surface area contributed by atoms with Crippen molar-refractivity contribution in [2.75, 3.05) is 0 Å². The molecule has 0 atom stereocenters. The van der Waals surface area contributed by atoms with Gasteiger partial charge in [0.2, 0.25) is 0 Å². The van der Waals surface area contributed by atoms with Gasteiger partial charge in [-0.3, -0.25) is 0 Å². The average Bonchev–Trinajstić information content (AvgIpc) is 2.59. The number of hydrogen-bond acceptors (Lipinski definition) is 2. The minimum atomic E-state index is 0.564. The standard InChI is InChI=1S/C10H13N3/c11-4-7-1-2-10-9(3-7)8(5-12)6-13-10/h1-3,6,13H,4-5,11-12H2. The summed E-state index contributed by atoms with van der Waals surface area (Å²) in [4.78, 5) is 3.17. The molecule has 5 N–H and O–H groups in total. The summed E-state index contributed by atoms with van der Waals surface area (Å²) >= 11 is 0. The van der Waals surface area contributed by atoms with Gasteiger partial charge < -0.3 is 16.5 Å². The van der Waals surface area contributed by atoms with Gasteiger partial charge in [-0.05, 0) is 23.3 Å². The van der Waals surface area contributed by atoms with E-state index in [1.54, 1.807) is 0 Å². The first-order chi connectivity index (χ1) is 6.35. The molecule has 1 aromatic heterocycles. The molecule has 2 aromatic rings. The highest BCUT2D eigenvalue weighted by Gasteiger charge is 2.01. The van der Waals surface area contributed by atoms with Crippen LogP contribution in [-0.4, -0.2) is 4.98 Å². The molecular formula is C10H13N3. The molecule has 0 spiro atoms. The van der Waals surface area contributed by atoms with Gasteiger partial charge in [-0.1, -0.05) is 6.07 Å². The van der Waals surface area contributed by atoms with Crippen LogP contribution in [0.4, 0.5) is 0 Å². The van der Waals surface area contributed by atoms with Crippen molar-refractivity contribution in [3.8, 4) is 0 Å². The highest BCUT2D eigenvalue weighted by Crippen LogP contribution is 2.19. The third-order valence-corrected chi connectivity index (χ3v) is 2.29. The predicted molar refractivity (Wildman–Crippen MR) is 54.1 cm³/mol. The maximum atomic E-state index is 5.60. The molecule has 0 amide bonds. The van der Waals surface area contributed by atoms with Crippen molar-refractivity contribution in [2.24, 2.45) is 11.5 Å². The molecule has 0 radical (unpaired) electrons. The summed E-state index contributed by atoms with van der Waals surface area (Å²) in [6.45, 7) is 1.14. The van der Waals surface area contributed by atoms with Crippen LogP contribution in [0.25, 0.3) is 10.9 Å². The van der Waals surface area contributed by atoms with Crippen molar-refractivity contribution in [2.45, 2.75) is 13.1 Å². The molecule has 0 fully saturated rings. The fourth-order valence-electron chi connectivity index (χ4n) is 1.52. The summed E-state index contributed by atoms with van der Waals surface area (Å²) in [6.07, 6.45) is 1.95. The van der Waals surface area contributed by atoms with Crippen LogP contribution in [0.5, 0.6) is 0 Å². The van der Waals surface area contributed by atoms with Gasteiger partial charge in [0.05, 0.1) is 0 Å². The predicted octanol–water partition coefficient (Wildman–Crippen LogP) is 1.09. The molecular weight excluding hydrogens is 162 g/mol. The van der Waals surface area contributed by atoms with E-state index in [4.69, 9.17) is 11.5 Å². The molecule has 0 aliphatic carbocycles. The first-order valence-corrected chi connectivity index (χ1v) is 4.34. The lowest BCUT2D eigenvalue weighted by molar-refractivity contribution is 1.07. The van der Waals surface area contributed by atoms with Crippen molar-refractivity contribution >= 4 is 10.9 Å². The lowest BCUT2D eigenvalue weighted by atomic mass is 10.1. The highest BCUT2D eigenvalue weighted by molar-refractivity contribution is 5.83. The van der Waals surface area contributed by atoms with E-state index in [9.17, 15) is 0 Å². The highest BCUT2D eigenvalue weighted by atomic mass is 14.7. The van der Waals surface area contributed by atoms with E-state index in [1.165, 1.54) is 5.39 Å². The zero-order valence-electron chi connectivity index (χ0n) is 7.38. The largest absolute Gasteiger partial charge is 0.361 e. The minimum absolute atomic E-state index is 0.564. The quantitative estimate of drug-likeness (QED) is 0.639. The number of nitrogens with one attached hydrogen (secondary N) is 1. The fourth-order valence-corrected chi connectivity index (χ4v) is 1.52. The van der Waals surface area contributed by atoms with Crippen LogP contribution in [0, 0.1) is 0 Å². The van der Waals surface area contributed by atoms with Crippen LogP contribution >= 0.6 is 0 Å². The van der Waals surface area contributed by atoms with Gasteiger partial charge in [0.15, 0.2) is 0 Å². The van der Waals surface area contributed by atoms with Crippen molar-refractivity contribution in [1.82, 2.24) is 4.98 Å². The first kappa shape index (κ1) is 8.29. The SMILES string of the molecule is NCc1ccc2[nH]cc(CN)c2c1. The van der Waals surface area contributed by atoms with E-state index >= 15 is 0 Å². The number of aromatic nitrogens is 1. The van der Waals surface area contributed by atoms with E-state index in [0.29, 0.717) is 13.1 Å². The monoisotopic (exact) mass is 175 g/mol. The number of benzene rings is 1. The van der Waals surface area contributed by atoms with Crippen LogP contribution in [0.3, 0.4) is 0 Å². The van der Waals surface area contributed by atoms with Crippen LogP contribution in [0.2, 0.25) is 0 Å². The zero-order valence-corrected chi connectivity index (χ0v) is 7.38. The van der Waals surface area contributed by atoms with Gasteiger partial charge in [0, 0.05) is 30.2 Å². The van der Waals surface area contributed by atoms with Crippen LogP contribution in [0.15, 0.2) is 24.4 Å². The lowest BCUT2D eigenvalue weighted by Gasteiger charge is -1.98. The van der Waals surface area contributed by atoms with Gasteiger partial charge in [-0.25, -0.2) is 0 Å². The Morgan fingerprint density at radius 2 is 2.00 bits per heavy atom. The van der Waals surface area contributed by atoms with Gasteiger partial charge >= 0.3 is 0 Å². The molecule has 0 bridgehead atoms. The molecule has 0 saturated heterocycles. The molecule has 0 aliphatic heterocycles. The Kier molecular flexibility index (Phi) is 2.04. The molecule has 13 heavy (non-hydrogen) atoms. The molecule has 0 unspecified atom stereocenters. The number of H-pyrrole nitrogens is 1. The number of hydrogen-bond donors (Lipinski definition) is 3. The van der Waals surface area contributed by atoms with Gasteiger partial charge in [0.1, 0.15) is 0 Å². The van der Waals surface area contributed by atoms with Crippen molar-refractivity contribution in [3.05, 3.63) is 35.5 Å². The third kappa shape index (κ3) is 1.32. The molecule has 3 nitrogen and oxygen atoms in total. The smallest absolute Gasteiger partial charge is 0.0457 e. The number of fused-ring (bicyclic) bond motifs is 1. The maximum Gasteiger partial charge on any atom is 0.0457 e. The molecule has 3 heteroatoms. The third-order valence-electron chi connectivity index (χ3n) is 2.29. The molecule has 2 rings (SSSR count). The zero-order chi connectivity index (χ0) is 9.26. The Balaban J connectivity index is 2.64. The second kappa shape index (κ2) is 3.20. The van der Waals surface area contributed by atoms with E-state index in [-0.39, 0.29) is 0 Å². The van der Waals surface area contributed by atoms with Crippen LogP contribution < -0.4 is 11.5 Å². The van der Waals surface area contributed by atoms with Crippen LogP contribution in [0.1, 0.15) is 11.1 Å². The molecule has 0 aliphatic rings. The van der Waals surface area contributed by atoms with Gasteiger partial charge in [-0.15, -0.1) is 0 Å². The lowest BCUT2D eigenvalue weighted by Crippen LogP contribution is -1.97. The Morgan fingerprint density at radius 1 is 1.15 bits per heavy atom. The summed E-state index contributed by atoms with van der Waals surface area (Å²) in [5.74, 6) is 0. The van der Waals surface area contributed by atoms with Crippen LogP contribution in [-0.2, 0) is 13.1 Å². The molecule has 68 valence electrons. The molecule has 0 saturated carbocycles. The van der Waals surface area contributed by atoms with E-state index < -0.39 is 0 Å². The van der Waals surface area contributed by atoms with Gasteiger partial charge in [0.25, 0.3) is 0 Å². The topological polar surface area (TPSA) is 67.8 Å². The normalized spacial score (nSPS) is 10.9. The first-order valence-electron chi connectivity index (χ1n) is 4.34. The Bertz CT molecular complexity index is 417. The molecule has 1 aromatic carbocycles. The van der Waals surface area contributed by atoms with Crippen molar-refractivity contribution in [3.63, 3.8) is 0 Å². The number of rotatable bonds is 2. The second-order valence-corrected chi connectivity index (χ2v) is 3.10. The Hall–Kier alpha value is -1.32. The van der Waals surface area contributed by atoms with Crippen molar-refractivity contribution < 1.29 is 0 Å². The minimum Gasteiger partial charge on any atom is -0.361 e. The van der Waals surface area contributed by atoms with E-state index in [0.717, 1.165) is 16.6 Å². The van der Waals surface area contributed by atoms with Crippen molar-refractivity contribution in [1.29, 1.82) is 0 Å².